The molecule has 0 atom stereocenters. The molecule has 0 spiro atoms. The fourth-order valence-corrected chi connectivity index (χ4v) is 1.50. The Balaban J connectivity index is 3.05. The molecule has 0 heterocycles. The lowest BCUT2D eigenvalue weighted by Gasteiger charge is -2.21. The number of phenolic OH excluding ortho intramolecular Hbond substituents is 1. The Kier molecular flexibility index (Phi) is 4.66. The average molecular weight is 294 g/mol. The van der Waals surface area contributed by atoms with Crippen LogP contribution in [0.25, 0.3) is 0 Å². The number of esters is 2. The summed E-state index contributed by atoms with van der Waals surface area (Å²) in [7, 11) is 0. The number of benzene rings is 1. The Morgan fingerprint density at radius 1 is 0.905 bits per heavy atom. The highest BCUT2D eigenvalue weighted by atomic mass is 16.6. The third-order valence-corrected chi connectivity index (χ3v) is 2.25. The molecule has 0 radical (unpaired) electrons. The van der Waals surface area contributed by atoms with Crippen molar-refractivity contribution in [1.82, 2.24) is 0 Å². The number of hydrogen-bond donors (Lipinski definition) is 1. The molecule has 0 saturated carbocycles. The molecule has 0 unspecified atom stereocenters. The van der Waals surface area contributed by atoms with Crippen LogP contribution in [0.15, 0.2) is 18.2 Å². The van der Waals surface area contributed by atoms with Crippen LogP contribution in [0.1, 0.15) is 62.3 Å². The second-order valence-corrected chi connectivity index (χ2v) is 6.74. The molecule has 0 saturated heterocycles. The van der Waals surface area contributed by atoms with Gasteiger partial charge in [-0.05, 0) is 59.7 Å². The summed E-state index contributed by atoms with van der Waals surface area (Å²) < 4.78 is 10.4. The Morgan fingerprint density at radius 2 is 1.38 bits per heavy atom. The molecule has 21 heavy (non-hydrogen) atoms. The molecule has 0 aliphatic rings. The van der Waals surface area contributed by atoms with Crippen molar-refractivity contribution in [3.05, 3.63) is 29.3 Å². The van der Waals surface area contributed by atoms with E-state index in [1.54, 1.807) is 41.5 Å². The molecular formula is C16H22O5. The molecule has 1 aromatic carbocycles. The minimum absolute atomic E-state index is 0.0618. The molecule has 116 valence electrons. The first-order valence-electron chi connectivity index (χ1n) is 6.69. The van der Waals surface area contributed by atoms with E-state index in [0.717, 1.165) is 0 Å². The van der Waals surface area contributed by atoms with Gasteiger partial charge in [0, 0.05) is 0 Å². The summed E-state index contributed by atoms with van der Waals surface area (Å²) >= 11 is 0. The highest BCUT2D eigenvalue weighted by Crippen LogP contribution is 2.23. The van der Waals surface area contributed by atoms with Gasteiger partial charge in [0.1, 0.15) is 22.5 Å². The molecule has 0 aromatic heterocycles. The van der Waals surface area contributed by atoms with Gasteiger partial charge >= 0.3 is 11.9 Å². The predicted molar refractivity (Wildman–Crippen MR) is 78.4 cm³/mol. The van der Waals surface area contributed by atoms with Crippen LogP contribution in [-0.4, -0.2) is 28.2 Å². The van der Waals surface area contributed by atoms with E-state index in [0.29, 0.717) is 0 Å². The van der Waals surface area contributed by atoms with E-state index in [2.05, 4.69) is 0 Å². The van der Waals surface area contributed by atoms with Gasteiger partial charge in [-0.25, -0.2) is 9.59 Å². The van der Waals surface area contributed by atoms with Gasteiger partial charge in [-0.3, -0.25) is 0 Å². The summed E-state index contributed by atoms with van der Waals surface area (Å²) in [6.45, 7) is 10.4. The van der Waals surface area contributed by atoms with Crippen LogP contribution >= 0.6 is 0 Å². The molecule has 1 N–H and O–H groups in total. The smallest absolute Gasteiger partial charge is 0.342 e. The van der Waals surface area contributed by atoms with E-state index in [4.69, 9.17) is 9.47 Å². The van der Waals surface area contributed by atoms with Crippen molar-refractivity contribution in [2.75, 3.05) is 0 Å². The fourth-order valence-electron chi connectivity index (χ4n) is 1.50. The van der Waals surface area contributed by atoms with E-state index in [1.165, 1.54) is 18.2 Å². The quantitative estimate of drug-likeness (QED) is 0.847. The first-order chi connectivity index (χ1) is 9.39. The van der Waals surface area contributed by atoms with Crippen LogP contribution in [0.2, 0.25) is 0 Å². The van der Waals surface area contributed by atoms with Gasteiger partial charge in [0.2, 0.25) is 0 Å². The normalized spacial score (nSPS) is 11.9. The third kappa shape index (κ3) is 5.45. The molecule has 0 amide bonds. The van der Waals surface area contributed by atoms with Crippen LogP contribution in [-0.2, 0) is 9.47 Å². The van der Waals surface area contributed by atoms with E-state index in [9.17, 15) is 14.7 Å². The van der Waals surface area contributed by atoms with Crippen molar-refractivity contribution >= 4 is 11.9 Å². The minimum Gasteiger partial charge on any atom is -0.507 e. The molecule has 0 fully saturated rings. The summed E-state index contributed by atoms with van der Waals surface area (Å²) in [5, 5.41) is 9.76. The molecule has 0 aliphatic heterocycles. The lowest BCUT2D eigenvalue weighted by atomic mass is 10.1. The lowest BCUT2D eigenvalue weighted by molar-refractivity contribution is 0.00659. The number of carbonyl (C=O) groups is 2. The van der Waals surface area contributed by atoms with E-state index in [1.807, 2.05) is 0 Å². The van der Waals surface area contributed by atoms with Gasteiger partial charge in [-0.1, -0.05) is 0 Å². The number of phenols is 1. The first kappa shape index (κ1) is 17.0. The topological polar surface area (TPSA) is 72.8 Å². The SMILES string of the molecule is CC(C)(C)OC(=O)c1ccc(O)c(C(=O)OC(C)(C)C)c1. The zero-order valence-corrected chi connectivity index (χ0v) is 13.3. The maximum absolute atomic E-state index is 12.0. The molecule has 1 aromatic rings. The van der Waals surface area contributed by atoms with Gasteiger partial charge in [-0.2, -0.15) is 0 Å². The van der Waals surface area contributed by atoms with Crippen molar-refractivity contribution < 1.29 is 24.2 Å². The van der Waals surface area contributed by atoms with Gasteiger partial charge in [-0.15, -0.1) is 0 Å². The molecule has 0 bridgehead atoms. The number of aromatic hydroxyl groups is 1. The zero-order chi connectivity index (χ0) is 16.4. The Labute approximate surface area is 124 Å². The maximum Gasteiger partial charge on any atom is 0.342 e. The number of carbonyl (C=O) groups excluding carboxylic acids is 2. The van der Waals surface area contributed by atoms with E-state index >= 15 is 0 Å². The van der Waals surface area contributed by atoms with Gasteiger partial charge in [0.25, 0.3) is 0 Å². The molecule has 5 nitrogen and oxygen atoms in total. The highest BCUT2D eigenvalue weighted by Gasteiger charge is 2.23. The van der Waals surface area contributed by atoms with Crippen LogP contribution in [0.4, 0.5) is 0 Å². The first-order valence-corrected chi connectivity index (χ1v) is 6.69. The lowest BCUT2D eigenvalue weighted by Crippen LogP contribution is -2.25. The van der Waals surface area contributed by atoms with Crippen LogP contribution in [0.5, 0.6) is 5.75 Å². The van der Waals surface area contributed by atoms with Crippen molar-refractivity contribution in [2.45, 2.75) is 52.7 Å². The second-order valence-electron chi connectivity index (χ2n) is 6.74. The standard InChI is InChI=1S/C16H22O5/c1-15(2,3)20-13(18)10-7-8-12(17)11(9-10)14(19)21-16(4,5)6/h7-9,17H,1-6H3. The summed E-state index contributed by atoms with van der Waals surface area (Å²) in [5.41, 5.74) is -1.20. The van der Waals surface area contributed by atoms with Crippen LogP contribution < -0.4 is 0 Å². The van der Waals surface area contributed by atoms with Crippen molar-refractivity contribution in [1.29, 1.82) is 0 Å². The van der Waals surface area contributed by atoms with Crippen LogP contribution in [0.3, 0.4) is 0 Å². The molecular weight excluding hydrogens is 272 g/mol. The molecule has 0 aliphatic carbocycles. The monoisotopic (exact) mass is 294 g/mol. The molecule has 1 rings (SSSR count). The maximum atomic E-state index is 12.0. The van der Waals surface area contributed by atoms with E-state index in [-0.39, 0.29) is 16.9 Å². The molecule has 5 heteroatoms. The van der Waals surface area contributed by atoms with Crippen LogP contribution in [0, 0.1) is 0 Å². The Bertz CT molecular complexity index is 547. The largest absolute Gasteiger partial charge is 0.507 e. The van der Waals surface area contributed by atoms with Gasteiger partial charge in [0.05, 0.1) is 5.56 Å². The minimum atomic E-state index is -0.689. The number of hydrogen-bond acceptors (Lipinski definition) is 5. The summed E-state index contributed by atoms with van der Waals surface area (Å²) in [6, 6.07) is 3.95. The van der Waals surface area contributed by atoms with Gasteiger partial charge < -0.3 is 14.6 Å². The fraction of sp³-hybridized carbons (Fsp3) is 0.500. The van der Waals surface area contributed by atoms with Gasteiger partial charge in [0.15, 0.2) is 0 Å². The highest BCUT2D eigenvalue weighted by molar-refractivity contribution is 5.97. The van der Waals surface area contributed by atoms with Crippen molar-refractivity contribution in [3.8, 4) is 5.75 Å². The predicted octanol–water partition coefficient (Wildman–Crippen LogP) is 3.30. The summed E-state index contributed by atoms with van der Waals surface area (Å²) in [5.74, 6) is -1.49. The number of rotatable bonds is 2. The Hall–Kier alpha value is -2.04. The zero-order valence-electron chi connectivity index (χ0n) is 13.3. The van der Waals surface area contributed by atoms with E-state index < -0.39 is 23.1 Å². The number of ether oxygens (including phenoxy) is 2. The second kappa shape index (κ2) is 5.76. The Morgan fingerprint density at radius 3 is 1.86 bits per heavy atom. The van der Waals surface area contributed by atoms with Crippen molar-refractivity contribution in [2.24, 2.45) is 0 Å². The van der Waals surface area contributed by atoms with Crippen molar-refractivity contribution in [3.63, 3.8) is 0 Å². The average Bonchev–Trinajstić information content (AvgIpc) is 2.24. The third-order valence-electron chi connectivity index (χ3n) is 2.25. The summed E-state index contributed by atoms with van der Waals surface area (Å²) in [6.07, 6.45) is 0. The summed E-state index contributed by atoms with van der Waals surface area (Å²) in [4.78, 5) is 24.0.